The number of nitrogens with zero attached hydrogens (tertiary/aromatic N) is 2. The highest BCUT2D eigenvalue weighted by atomic mass is 16.5. The van der Waals surface area contributed by atoms with Gasteiger partial charge in [-0.25, -0.2) is 4.98 Å². The van der Waals surface area contributed by atoms with Gasteiger partial charge in [-0.3, -0.25) is 0 Å². The molecule has 4 heteroatoms. The topological polar surface area (TPSA) is 39.1 Å². The average molecular weight is 259 g/mol. The largest absolute Gasteiger partial charge is 0.383 e. The van der Waals surface area contributed by atoms with E-state index in [1.54, 1.807) is 7.11 Å². The Hall–Kier alpha value is -1.65. The van der Waals surface area contributed by atoms with Crippen molar-refractivity contribution in [2.75, 3.05) is 20.3 Å². The minimum atomic E-state index is 0.369. The quantitative estimate of drug-likeness (QED) is 0.828. The predicted octanol–water partition coefficient (Wildman–Crippen LogP) is 2.17. The highest BCUT2D eigenvalue weighted by Crippen LogP contribution is 2.16. The molecule has 4 nitrogen and oxygen atoms in total. The average Bonchev–Trinajstić information content (AvgIpc) is 2.88. The Morgan fingerprint density at radius 3 is 2.84 bits per heavy atom. The molecule has 0 aliphatic carbocycles. The highest BCUT2D eigenvalue weighted by Gasteiger charge is 2.05. The molecular formula is C15H21N3O. The number of rotatable bonds is 7. The lowest BCUT2D eigenvalue weighted by Gasteiger charge is -2.14. The summed E-state index contributed by atoms with van der Waals surface area (Å²) >= 11 is 0. The van der Waals surface area contributed by atoms with Crippen LogP contribution in [-0.4, -0.2) is 35.9 Å². The third kappa shape index (κ3) is 3.91. The van der Waals surface area contributed by atoms with Gasteiger partial charge in [-0.1, -0.05) is 30.3 Å². The van der Waals surface area contributed by atoms with Crippen molar-refractivity contribution < 1.29 is 4.74 Å². The van der Waals surface area contributed by atoms with Crippen molar-refractivity contribution in [2.45, 2.75) is 19.5 Å². The molecule has 2 rings (SSSR count). The number of hydrogen-bond acceptors (Lipinski definition) is 3. The van der Waals surface area contributed by atoms with Gasteiger partial charge in [-0.05, 0) is 6.92 Å². The Morgan fingerprint density at radius 1 is 1.32 bits per heavy atom. The van der Waals surface area contributed by atoms with Crippen molar-refractivity contribution in [3.05, 3.63) is 42.7 Å². The van der Waals surface area contributed by atoms with E-state index >= 15 is 0 Å². The number of hydrogen-bond donors (Lipinski definition) is 1. The van der Waals surface area contributed by atoms with Crippen molar-refractivity contribution in [3.8, 4) is 11.4 Å². The van der Waals surface area contributed by atoms with E-state index in [9.17, 15) is 0 Å². The molecule has 0 aliphatic heterocycles. The Labute approximate surface area is 114 Å². The Kier molecular flexibility index (Phi) is 5.12. The molecule has 0 aliphatic rings. The van der Waals surface area contributed by atoms with Crippen LogP contribution in [0, 0.1) is 0 Å². The molecule has 0 spiro atoms. The maximum Gasteiger partial charge on any atom is 0.139 e. The van der Waals surface area contributed by atoms with Crippen LogP contribution in [-0.2, 0) is 11.3 Å². The molecule has 0 amide bonds. The zero-order valence-electron chi connectivity index (χ0n) is 11.5. The van der Waals surface area contributed by atoms with E-state index in [2.05, 4.69) is 33.9 Å². The van der Waals surface area contributed by atoms with Gasteiger partial charge in [-0.2, -0.15) is 0 Å². The summed E-state index contributed by atoms with van der Waals surface area (Å²) in [5.41, 5.74) is 1.15. The molecule has 1 aromatic heterocycles. The molecule has 0 bridgehead atoms. The van der Waals surface area contributed by atoms with Crippen LogP contribution in [0.2, 0.25) is 0 Å². The van der Waals surface area contributed by atoms with E-state index in [0.29, 0.717) is 6.04 Å². The number of aromatic nitrogens is 2. The number of imidazole rings is 1. The molecule has 0 saturated carbocycles. The van der Waals surface area contributed by atoms with E-state index in [4.69, 9.17) is 4.74 Å². The second-order valence-corrected chi connectivity index (χ2v) is 4.62. The molecule has 0 radical (unpaired) electrons. The first kappa shape index (κ1) is 13.8. The zero-order chi connectivity index (χ0) is 13.5. The molecule has 1 heterocycles. The van der Waals surface area contributed by atoms with Crippen LogP contribution in [0.15, 0.2) is 42.7 Å². The molecule has 0 saturated heterocycles. The van der Waals surface area contributed by atoms with Crippen molar-refractivity contribution >= 4 is 0 Å². The monoisotopic (exact) mass is 259 g/mol. The number of benzene rings is 1. The molecule has 1 aromatic carbocycles. The highest BCUT2D eigenvalue weighted by molar-refractivity contribution is 5.55. The fourth-order valence-electron chi connectivity index (χ4n) is 2.08. The first-order valence-corrected chi connectivity index (χ1v) is 6.60. The zero-order valence-corrected chi connectivity index (χ0v) is 11.5. The Balaban J connectivity index is 1.94. The lowest BCUT2D eigenvalue weighted by molar-refractivity contribution is 0.172. The number of nitrogens with one attached hydrogen (secondary N) is 1. The van der Waals surface area contributed by atoms with Gasteiger partial charge in [0.05, 0.1) is 6.61 Å². The molecule has 2 aromatic rings. The molecule has 19 heavy (non-hydrogen) atoms. The maximum absolute atomic E-state index is 5.10. The van der Waals surface area contributed by atoms with Gasteiger partial charge >= 0.3 is 0 Å². The number of ether oxygens (including phenoxy) is 1. The third-order valence-corrected chi connectivity index (χ3v) is 3.01. The molecular weight excluding hydrogens is 238 g/mol. The smallest absolute Gasteiger partial charge is 0.139 e. The van der Waals surface area contributed by atoms with E-state index in [0.717, 1.165) is 31.1 Å². The van der Waals surface area contributed by atoms with Crippen LogP contribution in [0.5, 0.6) is 0 Å². The fourth-order valence-corrected chi connectivity index (χ4v) is 2.08. The normalized spacial score (nSPS) is 12.5. The summed E-state index contributed by atoms with van der Waals surface area (Å²) in [4.78, 5) is 4.43. The molecule has 1 atom stereocenters. The molecule has 1 unspecified atom stereocenters. The van der Waals surface area contributed by atoms with Crippen LogP contribution >= 0.6 is 0 Å². The van der Waals surface area contributed by atoms with Crippen molar-refractivity contribution in [2.24, 2.45) is 0 Å². The Bertz CT molecular complexity index is 481. The summed E-state index contributed by atoms with van der Waals surface area (Å²) in [5, 5.41) is 3.43. The maximum atomic E-state index is 5.10. The molecule has 1 N–H and O–H groups in total. The van der Waals surface area contributed by atoms with Crippen molar-refractivity contribution in [1.82, 2.24) is 14.9 Å². The standard InChI is InChI=1S/C15H21N3O/c1-13(12-19-2)16-8-10-18-11-9-17-15(18)14-6-4-3-5-7-14/h3-7,9,11,13,16H,8,10,12H2,1-2H3. The summed E-state index contributed by atoms with van der Waals surface area (Å²) < 4.78 is 7.27. The van der Waals surface area contributed by atoms with Gasteiger partial charge in [0, 0.05) is 44.2 Å². The van der Waals surface area contributed by atoms with Crippen LogP contribution in [0.4, 0.5) is 0 Å². The predicted molar refractivity (Wildman–Crippen MR) is 77.0 cm³/mol. The summed E-state index contributed by atoms with van der Waals surface area (Å²) in [7, 11) is 1.72. The van der Waals surface area contributed by atoms with Crippen LogP contribution in [0.1, 0.15) is 6.92 Å². The van der Waals surface area contributed by atoms with Gasteiger partial charge < -0.3 is 14.6 Å². The summed E-state index contributed by atoms with van der Waals surface area (Å²) in [6, 6.07) is 10.6. The van der Waals surface area contributed by atoms with Gasteiger partial charge in [0.2, 0.25) is 0 Å². The lowest BCUT2D eigenvalue weighted by Crippen LogP contribution is -2.32. The SMILES string of the molecule is COCC(C)NCCn1ccnc1-c1ccccc1. The minimum Gasteiger partial charge on any atom is -0.383 e. The first-order chi connectivity index (χ1) is 9.31. The fraction of sp³-hybridized carbons (Fsp3) is 0.400. The van der Waals surface area contributed by atoms with Crippen LogP contribution < -0.4 is 5.32 Å². The van der Waals surface area contributed by atoms with Gasteiger partial charge in [0.15, 0.2) is 0 Å². The van der Waals surface area contributed by atoms with Crippen molar-refractivity contribution in [1.29, 1.82) is 0 Å². The van der Waals surface area contributed by atoms with E-state index in [-0.39, 0.29) is 0 Å². The third-order valence-electron chi connectivity index (χ3n) is 3.01. The van der Waals surface area contributed by atoms with E-state index in [1.807, 2.05) is 30.6 Å². The summed E-state index contributed by atoms with van der Waals surface area (Å²) in [6.45, 7) is 4.66. The summed E-state index contributed by atoms with van der Waals surface area (Å²) in [5.74, 6) is 1.02. The van der Waals surface area contributed by atoms with E-state index in [1.165, 1.54) is 0 Å². The Morgan fingerprint density at radius 2 is 2.11 bits per heavy atom. The molecule has 0 fully saturated rings. The van der Waals surface area contributed by atoms with Gasteiger partial charge in [0.25, 0.3) is 0 Å². The number of methoxy groups -OCH3 is 1. The van der Waals surface area contributed by atoms with E-state index < -0.39 is 0 Å². The van der Waals surface area contributed by atoms with Gasteiger partial charge in [-0.15, -0.1) is 0 Å². The lowest BCUT2D eigenvalue weighted by atomic mass is 10.2. The summed E-state index contributed by atoms with van der Waals surface area (Å²) in [6.07, 6.45) is 3.87. The molecule has 102 valence electrons. The second kappa shape index (κ2) is 7.07. The van der Waals surface area contributed by atoms with Gasteiger partial charge in [0.1, 0.15) is 5.82 Å². The van der Waals surface area contributed by atoms with Crippen LogP contribution in [0.3, 0.4) is 0 Å². The van der Waals surface area contributed by atoms with Crippen molar-refractivity contribution in [3.63, 3.8) is 0 Å². The minimum absolute atomic E-state index is 0.369. The van der Waals surface area contributed by atoms with Crippen LogP contribution in [0.25, 0.3) is 11.4 Å². The first-order valence-electron chi connectivity index (χ1n) is 6.60. The second-order valence-electron chi connectivity index (χ2n) is 4.62.